The average Bonchev–Trinajstić information content (AvgIpc) is 2.84. The number of nitrogens with zero attached hydrogens (tertiary/aromatic N) is 1. The summed E-state index contributed by atoms with van der Waals surface area (Å²) in [4.78, 5) is 11.2. The van der Waals surface area contributed by atoms with Gasteiger partial charge in [0.05, 0.1) is 12.1 Å². The molecule has 1 atom stereocenters. The molecule has 1 fully saturated rings. The van der Waals surface area contributed by atoms with Crippen LogP contribution in [-0.4, -0.2) is 21.9 Å². The quantitative estimate of drug-likeness (QED) is 0.560. The Bertz CT molecular complexity index is 231. The molecular weight excluding hydrogens is 269 g/mol. The third kappa shape index (κ3) is 2.08. The molecule has 0 aromatic rings. The number of carbonyl (C=O) groups is 1. The van der Waals surface area contributed by atoms with Crippen molar-refractivity contribution in [2.45, 2.75) is 24.4 Å². The minimum Gasteiger partial charge on any atom is -0.336 e. The monoisotopic (exact) mass is 279 g/mol. The van der Waals surface area contributed by atoms with Crippen LogP contribution in [0.15, 0.2) is 0 Å². The van der Waals surface area contributed by atoms with Gasteiger partial charge in [-0.2, -0.15) is 5.26 Å². The van der Waals surface area contributed by atoms with Crippen LogP contribution in [0.4, 0.5) is 0 Å². The molecule has 0 radical (unpaired) electrons. The second-order valence-corrected chi connectivity index (χ2v) is 3.82. The van der Waals surface area contributed by atoms with Crippen molar-refractivity contribution < 1.29 is 4.79 Å². The van der Waals surface area contributed by atoms with Crippen molar-refractivity contribution in [1.82, 2.24) is 5.32 Å². The lowest BCUT2D eigenvalue weighted by atomic mass is 10.2. The summed E-state index contributed by atoms with van der Waals surface area (Å²) in [5.74, 6) is -0.219. The van der Waals surface area contributed by atoms with Gasteiger partial charge in [0.25, 0.3) is 0 Å². The second-order valence-electron chi connectivity index (χ2n) is 2.94. The fraction of sp³-hybridized carbons (Fsp3) is 0.714. The SMILES string of the molecule is N#CC1(NC(=O)[C@@H](N)CI)CC1. The van der Waals surface area contributed by atoms with Crippen molar-refractivity contribution in [2.24, 2.45) is 5.73 Å². The van der Waals surface area contributed by atoms with Gasteiger partial charge in [0, 0.05) is 4.43 Å². The van der Waals surface area contributed by atoms with Crippen molar-refractivity contribution in [3.8, 4) is 6.07 Å². The first-order valence-corrected chi connectivity index (χ1v) is 5.21. The highest BCUT2D eigenvalue weighted by atomic mass is 127. The van der Waals surface area contributed by atoms with Crippen LogP contribution in [0.3, 0.4) is 0 Å². The molecule has 0 heterocycles. The minimum atomic E-state index is -0.583. The van der Waals surface area contributed by atoms with E-state index in [1.165, 1.54) is 0 Å². The number of alkyl halides is 1. The molecule has 0 aliphatic heterocycles. The van der Waals surface area contributed by atoms with Crippen molar-refractivity contribution in [3.63, 3.8) is 0 Å². The highest BCUT2D eigenvalue weighted by Gasteiger charge is 2.45. The van der Waals surface area contributed by atoms with E-state index in [1.54, 1.807) is 0 Å². The molecule has 3 N–H and O–H groups in total. The molecule has 0 saturated heterocycles. The highest BCUT2D eigenvalue weighted by Crippen LogP contribution is 2.34. The Morgan fingerprint density at radius 2 is 2.42 bits per heavy atom. The average molecular weight is 279 g/mol. The Balaban J connectivity index is 2.42. The van der Waals surface area contributed by atoms with Gasteiger partial charge in [0.1, 0.15) is 5.54 Å². The molecule has 1 rings (SSSR count). The summed E-state index contributed by atoms with van der Waals surface area (Å²) >= 11 is 2.04. The molecular formula is C7H10IN3O. The van der Waals surface area contributed by atoms with Crippen LogP contribution in [0.1, 0.15) is 12.8 Å². The standard InChI is InChI=1S/C7H10IN3O/c8-3-5(10)6(12)11-7(4-9)1-2-7/h5H,1-3,10H2,(H,11,12)/t5-/m0/s1. The summed E-state index contributed by atoms with van der Waals surface area (Å²) in [7, 11) is 0. The van der Waals surface area contributed by atoms with E-state index in [-0.39, 0.29) is 5.91 Å². The largest absolute Gasteiger partial charge is 0.336 e. The van der Waals surface area contributed by atoms with E-state index in [1.807, 2.05) is 22.6 Å². The highest BCUT2D eigenvalue weighted by molar-refractivity contribution is 14.1. The number of carbonyl (C=O) groups excluding carboxylic acids is 1. The van der Waals surface area contributed by atoms with Crippen molar-refractivity contribution in [1.29, 1.82) is 5.26 Å². The fourth-order valence-corrected chi connectivity index (χ4v) is 1.19. The van der Waals surface area contributed by atoms with E-state index >= 15 is 0 Å². The molecule has 5 heteroatoms. The first-order valence-electron chi connectivity index (χ1n) is 3.68. The van der Waals surface area contributed by atoms with Crippen LogP contribution in [0, 0.1) is 11.3 Å². The summed E-state index contributed by atoms with van der Waals surface area (Å²) in [6.07, 6.45) is 1.51. The first-order chi connectivity index (χ1) is 5.63. The maximum atomic E-state index is 11.2. The number of rotatable bonds is 3. The number of hydrogen-bond donors (Lipinski definition) is 2. The lowest BCUT2D eigenvalue weighted by Gasteiger charge is -2.12. The molecule has 1 saturated carbocycles. The molecule has 0 bridgehead atoms. The number of nitrogens with one attached hydrogen (secondary N) is 1. The Morgan fingerprint density at radius 1 is 1.83 bits per heavy atom. The minimum absolute atomic E-state index is 0.219. The normalized spacial score (nSPS) is 20.8. The second kappa shape index (κ2) is 3.58. The topological polar surface area (TPSA) is 78.9 Å². The Labute approximate surface area is 84.6 Å². The van der Waals surface area contributed by atoms with Crippen molar-refractivity contribution in [2.75, 3.05) is 4.43 Å². The van der Waals surface area contributed by atoms with Crippen molar-refractivity contribution >= 4 is 28.5 Å². The van der Waals surface area contributed by atoms with Gasteiger partial charge in [0.15, 0.2) is 0 Å². The van der Waals surface area contributed by atoms with Gasteiger partial charge in [-0.15, -0.1) is 0 Å². The summed E-state index contributed by atoms with van der Waals surface area (Å²) in [6, 6.07) is 1.58. The van der Waals surface area contributed by atoms with Crippen LogP contribution in [0.25, 0.3) is 0 Å². The maximum absolute atomic E-state index is 11.2. The Morgan fingerprint density at radius 3 is 2.75 bits per heavy atom. The zero-order valence-electron chi connectivity index (χ0n) is 6.51. The lowest BCUT2D eigenvalue weighted by molar-refractivity contribution is -0.122. The van der Waals surface area contributed by atoms with Gasteiger partial charge in [-0.05, 0) is 12.8 Å². The fourth-order valence-electron chi connectivity index (χ4n) is 0.788. The molecule has 1 aliphatic rings. The first kappa shape index (κ1) is 9.74. The predicted molar refractivity (Wildman–Crippen MR) is 52.6 cm³/mol. The number of amides is 1. The van der Waals surface area contributed by atoms with E-state index in [4.69, 9.17) is 11.0 Å². The molecule has 4 nitrogen and oxygen atoms in total. The summed E-state index contributed by atoms with van der Waals surface area (Å²) in [5.41, 5.74) is 4.89. The van der Waals surface area contributed by atoms with Crippen LogP contribution in [0.2, 0.25) is 0 Å². The predicted octanol–water partition coefficient (Wildman–Crippen LogP) is -0.0789. The third-order valence-corrected chi connectivity index (χ3v) is 2.78. The molecule has 0 unspecified atom stereocenters. The maximum Gasteiger partial charge on any atom is 0.238 e. The van der Waals surface area contributed by atoms with E-state index in [0.29, 0.717) is 4.43 Å². The van der Waals surface area contributed by atoms with Crippen LogP contribution in [-0.2, 0) is 4.79 Å². The summed E-state index contributed by atoms with van der Waals surface area (Å²) < 4.78 is 0.575. The zero-order chi connectivity index (χ0) is 9.19. The Kier molecular flexibility index (Phi) is 2.90. The van der Waals surface area contributed by atoms with E-state index in [2.05, 4.69) is 11.4 Å². The third-order valence-electron chi connectivity index (χ3n) is 1.83. The molecule has 0 aromatic carbocycles. The van der Waals surface area contributed by atoms with Gasteiger partial charge in [-0.1, -0.05) is 22.6 Å². The number of nitriles is 1. The number of hydrogen-bond acceptors (Lipinski definition) is 3. The number of nitrogens with two attached hydrogens (primary N) is 1. The van der Waals surface area contributed by atoms with Crippen LogP contribution in [0.5, 0.6) is 0 Å². The van der Waals surface area contributed by atoms with E-state index in [0.717, 1.165) is 12.8 Å². The van der Waals surface area contributed by atoms with Gasteiger partial charge in [-0.25, -0.2) is 0 Å². The van der Waals surface area contributed by atoms with Gasteiger partial charge in [-0.3, -0.25) is 4.79 Å². The molecule has 12 heavy (non-hydrogen) atoms. The summed E-state index contributed by atoms with van der Waals surface area (Å²) in [6.45, 7) is 0. The number of halogens is 1. The Hall–Kier alpha value is -0.350. The van der Waals surface area contributed by atoms with Crippen LogP contribution < -0.4 is 11.1 Å². The molecule has 0 aromatic heterocycles. The van der Waals surface area contributed by atoms with Crippen molar-refractivity contribution in [3.05, 3.63) is 0 Å². The van der Waals surface area contributed by atoms with Gasteiger partial charge < -0.3 is 11.1 Å². The molecule has 66 valence electrons. The molecule has 1 amide bonds. The summed E-state index contributed by atoms with van der Waals surface area (Å²) in [5, 5.41) is 11.3. The molecule has 0 spiro atoms. The van der Waals surface area contributed by atoms with Gasteiger partial charge in [0.2, 0.25) is 5.91 Å². The lowest BCUT2D eigenvalue weighted by Crippen LogP contribution is -2.46. The van der Waals surface area contributed by atoms with E-state index < -0.39 is 11.6 Å². The van der Waals surface area contributed by atoms with Gasteiger partial charge >= 0.3 is 0 Å². The smallest absolute Gasteiger partial charge is 0.238 e. The van der Waals surface area contributed by atoms with Crippen LogP contribution >= 0.6 is 22.6 Å². The molecule has 1 aliphatic carbocycles. The zero-order valence-corrected chi connectivity index (χ0v) is 8.67. The van der Waals surface area contributed by atoms with E-state index in [9.17, 15) is 4.79 Å².